The molecule has 1 aromatic rings. The van der Waals surface area contributed by atoms with E-state index in [1.807, 2.05) is 6.07 Å². The SMILES string of the molecule is CCC(C)(C)N1CCC(N2CCN(c3ccc(C(=O)NC)nc3)CC2)C1=O. The van der Waals surface area contributed by atoms with Crippen LogP contribution in [0.4, 0.5) is 5.69 Å². The summed E-state index contributed by atoms with van der Waals surface area (Å²) < 4.78 is 0. The first-order chi connectivity index (χ1) is 12.9. The number of carbonyl (C=O) groups excluding carboxylic acids is 2. The largest absolute Gasteiger partial charge is 0.368 e. The fourth-order valence-electron chi connectivity index (χ4n) is 3.92. The van der Waals surface area contributed by atoms with Gasteiger partial charge in [-0.25, -0.2) is 4.98 Å². The van der Waals surface area contributed by atoms with E-state index in [9.17, 15) is 9.59 Å². The quantitative estimate of drug-likeness (QED) is 0.844. The van der Waals surface area contributed by atoms with Gasteiger partial charge in [0.2, 0.25) is 5.91 Å². The van der Waals surface area contributed by atoms with Gasteiger partial charge in [0.15, 0.2) is 0 Å². The normalized spacial score (nSPS) is 21.6. The summed E-state index contributed by atoms with van der Waals surface area (Å²) in [4.78, 5) is 35.4. The van der Waals surface area contributed by atoms with E-state index in [0.29, 0.717) is 5.69 Å². The van der Waals surface area contributed by atoms with E-state index in [1.165, 1.54) is 0 Å². The number of carbonyl (C=O) groups is 2. The van der Waals surface area contributed by atoms with E-state index in [2.05, 4.69) is 45.8 Å². The van der Waals surface area contributed by atoms with Crippen LogP contribution < -0.4 is 10.2 Å². The maximum absolute atomic E-state index is 12.9. The van der Waals surface area contributed by atoms with Gasteiger partial charge in [0.25, 0.3) is 5.91 Å². The van der Waals surface area contributed by atoms with Gasteiger partial charge in [-0.05, 0) is 38.8 Å². The van der Waals surface area contributed by atoms with Crippen molar-refractivity contribution in [2.24, 2.45) is 0 Å². The highest BCUT2D eigenvalue weighted by Gasteiger charge is 2.42. The van der Waals surface area contributed by atoms with Crippen LogP contribution in [0.15, 0.2) is 18.3 Å². The van der Waals surface area contributed by atoms with Gasteiger partial charge in [-0.1, -0.05) is 6.92 Å². The molecule has 0 spiro atoms. The molecule has 3 heterocycles. The molecule has 0 radical (unpaired) electrons. The number of nitrogens with zero attached hydrogens (tertiary/aromatic N) is 4. The Morgan fingerprint density at radius 1 is 1.22 bits per heavy atom. The molecule has 7 heteroatoms. The van der Waals surface area contributed by atoms with E-state index in [-0.39, 0.29) is 23.4 Å². The summed E-state index contributed by atoms with van der Waals surface area (Å²) in [5.74, 6) is 0.109. The van der Waals surface area contributed by atoms with Crippen LogP contribution in [0.2, 0.25) is 0 Å². The molecule has 2 amide bonds. The van der Waals surface area contributed by atoms with Crippen molar-refractivity contribution in [1.82, 2.24) is 20.1 Å². The van der Waals surface area contributed by atoms with Crippen molar-refractivity contribution in [2.45, 2.75) is 45.2 Å². The minimum absolute atomic E-state index is 0.0201. The van der Waals surface area contributed by atoms with Crippen LogP contribution in [0.5, 0.6) is 0 Å². The van der Waals surface area contributed by atoms with Gasteiger partial charge in [0.05, 0.1) is 17.9 Å². The molecule has 0 bridgehead atoms. The predicted octanol–water partition coefficient (Wildman–Crippen LogP) is 1.35. The summed E-state index contributed by atoms with van der Waals surface area (Å²) in [6.07, 6.45) is 3.65. The highest BCUT2D eigenvalue weighted by atomic mass is 16.2. The van der Waals surface area contributed by atoms with Crippen LogP contribution in [0.3, 0.4) is 0 Å². The Hall–Kier alpha value is -2.15. The van der Waals surface area contributed by atoms with Gasteiger partial charge < -0.3 is 15.1 Å². The molecule has 1 atom stereocenters. The van der Waals surface area contributed by atoms with Crippen LogP contribution in [0.25, 0.3) is 0 Å². The Balaban J connectivity index is 1.58. The summed E-state index contributed by atoms with van der Waals surface area (Å²) in [5.41, 5.74) is 1.38. The molecule has 0 aliphatic carbocycles. The molecular weight excluding hydrogens is 342 g/mol. The number of pyridine rings is 1. The van der Waals surface area contributed by atoms with Crippen LogP contribution in [0.1, 0.15) is 44.1 Å². The smallest absolute Gasteiger partial charge is 0.269 e. The number of rotatable bonds is 5. The molecule has 0 aromatic carbocycles. The lowest BCUT2D eigenvalue weighted by atomic mass is 10.00. The molecule has 7 nitrogen and oxygen atoms in total. The predicted molar refractivity (Wildman–Crippen MR) is 106 cm³/mol. The second kappa shape index (κ2) is 7.84. The highest BCUT2D eigenvalue weighted by Crippen LogP contribution is 2.28. The van der Waals surface area contributed by atoms with E-state index >= 15 is 0 Å². The Morgan fingerprint density at radius 2 is 1.93 bits per heavy atom. The molecule has 2 saturated heterocycles. The Bertz CT molecular complexity index is 680. The van der Waals surface area contributed by atoms with Crippen molar-refractivity contribution in [2.75, 3.05) is 44.7 Å². The van der Waals surface area contributed by atoms with Crippen molar-refractivity contribution in [3.63, 3.8) is 0 Å². The Morgan fingerprint density at radius 3 is 2.48 bits per heavy atom. The molecule has 3 rings (SSSR count). The van der Waals surface area contributed by atoms with Gasteiger partial charge in [-0.2, -0.15) is 0 Å². The average Bonchev–Trinajstić information content (AvgIpc) is 3.10. The van der Waals surface area contributed by atoms with E-state index in [0.717, 1.165) is 51.3 Å². The van der Waals surface area contributed by atoms with Crippen molar-refractivity contribution >= 4 is 17.5 Å². The number of hydrogen-bond donors (Lipinski definition) is 1. The maximum Gasteiger partial charge on any atom is 0.269 e. The zero-order valence-electron chi connectivity index (χ0n) is 16.9. The van der Waals surface area contributed by atoms with E-state index < -0.39 is 0 Å². The van der Waals surface area contributed by atoms with Crippen molar-refractivity contribution in [3.8, 4) is 0 Å². The maximum atomic E-state index is 12.9. The molecule has 148 valence electrons. The number of amides is 2. The Kier molecular flexibility index (Phi) is 5.69. The number of nitrogens with one attached hydrogen (secondary N) is 1. The van der Waals surface area contributed by atoms with Crippen LogP contribution in [-0.4, -0.2) is 78.0 Å². The van der Waals surface area contributed by atoms with Gasteiger partial charge in [0.1, 0.15) is 5.69 Å². The monoisotopic (exact) mass is 373 g/mol. The molecule has 2 fully saturated rings. The van der Waals surface area contributed by atoms with Crippen LogP contribution in [0, 0.1) is 0 Å². The third-order valence-electron chi connectivity index (χ3n) is 6.10. The topological polar surface area (TPSA) is 68.8 Å². The number of piperazine rings is 1. The third-order valence-corrected chi connectivity index (χ3v) is 6.10. The lowest BCUT2D eigenvalue weighted by Gasteiger charge is -2.39. The van der Waals surface area contributed by atoms with Crippen LogP contribution in [-0.2, 0) is 4.79 Å². The average molecular weight is 374 g/mol. The first-order valence-corrected chi connectivity index (χ1v) is 9.86. The zero-order chi connectivity index (χ0) is 19.6. The van der Waals surface area contributed by atoms with Crippen molar-refractivity contribution in [1.29, 1.82) is 0 Å². The van der Waals surface area contributed by atoms with E-state index in [1.54, 1.807) is 19.3 Å². The number of hydrogen-bond acceptors (Lipinski definition) is 5. The van der Waals surface area contributed by atoms with Gasteiger partial charge in [-0.3, -0.25) is 14.5 Å². The second-order valence-electron chi connectivity index (χ2n) is 7.96. The first-order valence-electron chi connectivity index (χ1n) is 9.86. The second-order valence-corrected chi connectivity index (χ2v) is 7.96. The summed E-state index contributed by atoms with van der Waals surface area (Å²) in [6, 6.07) is 3.72. The summed E-state index contributed by atoms with van der Waals surface area (Å²) in [7, 11) is 1.60. The Labute approximate surface area is 161 Å². The molecule has 1 aromatic heterocycles. The van der Waals surface area contributed by atoms with Gasteiger partial charge in [0, 0.05) is 45.3 Å². The molecule has 2 aliphatic heterocycles. The number of anilines is 1. The highest BCUT2D eigenvalue weighted by molar-refractivity contribution is 5.92. The van der Waals surface area contributed by atoms with Crippen molar-refractivity contribution in [3.05, 3.63) is 24.0 Å². The third kappa shape index (κ3) is 3.93. The lowest BCUT2D eigenvalue weighted by molar-refractivity contribution is -0.136. The first kappa shape index (κ1) is 19.6. The molecule has 1 unspecified atom stereocenters. The zero-order valence-corrected chi connectivity index (χ0v) is 16.9. The van der Waals surface area contributed by atoms with Gasteiger partial charge >= 0.3 is 0 Å². The lowest BCUT2D eigenvalue weighted by Crippen LogP contribution is -2.54. The number of likely N-dealkylation sites (tertiary alicyclic amines) is 1. The molecular formula is C20H31N5O2. The number of aromatic nitrogens is 1. The standard InChI is InChI=1S/C20H31N5O2/c1-5-20(2,3)25-9-8-17(19(25)27)24-12-10-23(11-13-24)15-6-7-16(22-14-15)18(26)21-4/h6-7,14,17H,5,8-13H2,1-4H3,(H,21,26). The minimum Gasteiger partial charge on any atom is -0.368 e. The van der Waals surface area contributed by atoms with E-state index in [4.69, 9.17) is 0 Å². The summed E-state index contributed by atoms with van der Waals surface area (Å²) in [6.45, 7) is 10.8. The van der Waals surface area contributed by atoms with Gasteiger partial charge in [-0.15, -0.1) is 0 Å². The molecule has 1 N–H and O–H groups in total. The summed E-state index contributed by atoms with van der Waals surface area (Å²) in [5, 5.41) is 2.58. The molecule has 27 heavy (non-hydrogen) atoms. The minimum atomic E-state index is -0.175. The summed E-state index contributed by atoms with van der Waals surface area (Å²) >= 11 is 0. The molecule has 0 saturated carbocycles. The fraction of sp³-hybridized carbons (Fsp3) is 0.650. The fourth-order valence-corrected chi connectivity index (χ4v) is 3.92. The molecule has 2 aliphatic rings. The van der Waals surface area contributed by atoms with Crippen LogP contribution >= 0.6 is 0 Å². The van der Waals surface area contributed by atoms with Crippen molar-refractivity contribution < 1.29 is 9.59 Å².